The molecule has 0 aromatic heterocycles. The van der Waals surface area contributed by atoms with Gasteiger partial charge in [0.15, 0.2) is 0 Å². The van der Waals surface area contributed by atoms with Crippen molar-refractivity contribution >= 4 is 11.9 Å². The Balaban J connectivity index is 1.45. The monoisotopic (exact) mass is 416 g/mol. The molecule has 2 atom stereocenters. The third-order valence-electron chi connectivity index (χ3n) is 6.14. The molecule has 2 heterocycles. The van der Waals surface area contributed by atoms with Crippen LogP contribution in [0.4, 0.5) is 4.79 Å². The number of carbonyl (C=O) groups excluding carboxylic acids is 2. The van der Waals surface area contributed by atoms with Gasteiger partial charge in [0.2, 0.25) is 5.91 Å². The summed E-state index contributed by atoms with van der Waals surface area (Å²) < 4.78 is 5.36. The van der Waals surface area contributed by atoms with Crippen molar-refractivity contribution < 1.29 is 14.3 Å². The molecule has 0 saturated carbocycles. The highest BCUT2D eigenvalue weighted by Crippen LogP contribution is 2.19. The Kier molecular flexibility index (Phi) is 8.96. The summed E-state index contributed by atoms with van der Waals surface area (Å²) >= 11 is 0. The van der Waals surface area contributed by atoms with Crippen molar-refractivity contribution in [3.8, 4) is 0 Å². The minimum atomic E-state index is -0.385. The van der Waals surface area contributed by atoms with E-state index in [1.54, 1.807) is 0 Å². The van der Waals surface area contributed by atoms with E-state index in [1.807, 2.05) is 35.2 Å². The average molecular weight is 417 g/mol. The van der Waals surface area contributed by atoms with Crippen molar-refractivity contribution in [2.24, 2.45) is 0 Å². The lowest BCUT2D eigenvalue weighted by atomic mass is 9.97. The van der Waals surface area contributed by atoms with Gasteiger partial charge < -0.3 is 25.2 Å². The molecular weight excluding hydrogens is 380 g/mol. The van der Waals surface area contributed by atoms with Gasteiger partial charge in [0.25, 0.3) is 0 Å². The Morgan fingerprint density at radius 2 is 1.87 bits per heavy atom. The number of nitrogens with one attached hydrogen (secondary N) is 2. The maximum absolute atomic E-state index is 13.1. The Labute approximate surface area is 180 Å². The van der Waals surface area contributed by atoms with Crippen LogP contribution in [-0.4, -0.2) is 80.3 Å². The summed E-state index contributed by atoms with van der Waals surface area (Å²) in [6, 6.07) is 10.1. The predicted octanol–water partition coefficient (Wildman–Crippen LogP) is 2.19. The van der Waals surface area contributed by atoms with Crippen LogP contribution in [0.25, 0.3) is 0 Å². The largest absolute Gasteiger partial charge is 0.378 e. The molecule has 2 aliphatic heterocycles. The van der Waals surface area contributed by atoms with Gasteiger partial charge in [0.05, 0.1) is 19.1 Å². The zero-order valence-corrected chi connectivity index (χ0v) is 18.1. The van der Waals surface area contributed by atoms with Gasteiger partial charge in [-0.3, -0.25) is 4.79 Å². The maximum Gasteiger partial charge on any atom is 0.314 e. The van der Waals surface area contributed by atoms with E-state index in [-0.39, 0.29) is 24.4 Å². The fraction of sp³-hybridized carbons (Fsp3) is 0.652. The Morgan fingerprint density at radius 3 is 2.60 bits per heavy atom. The molecule has 0 aliphatic carbocycles. The number of morpholine rings is 1. The second-order valence-electron chi connectivity index (χ2n) is 8.27. The summed E-state index contributed by atoms with van der Waals surface area (Å²) in [6.45, 7) is 7.73. The topological polar surface area (TPSA) is 73.9 Å². The number of hydrogen-bond donors (Lipinski definition) is 2. The van der Waals surface area contributed by atoms with Crippen LogP contribution >= 0.6 is 0 Å². The number of amides is 3. The number of carbonyl (C=O) groups is 2. The summed E-state index contributed by atoms with van der Waals surface area (Å²) in [4.78, 5) is 29.7. The average Bonchev–Trinajstić information content (AvgIpc) is 2.79. The van der Waals surface area contributed by atoms with Gasteiger partial charge in [-0.05, 0) is 38.3 Å². The van der Waals surface area contributed by atoms with E-state index in [0.29, 0.717) is 38.9 Å². The smallest absolute Gasteiger partial charge is 0.314 e. The summed E-state index contributed by atoms with van der Waals surface area (Å²) in [6.07, 6.45) is 4.80. The number of nitrogens with zero attached hydrogens (tertiary/aromatic N) is 2. The third-order valence-corrected chi connectivity index (χ3v) is 6.14. The Bertz CT molecular complexity index is 664. The summed E-state index contributed by atoms with van der Waals surface area (Å²) in [5, 5.41) is 5.85. The Hall–Kier alpha value is -2.12. The first-order chi connectivity index (χ1) is 14.6. The molecule has 166 valence electrons. The quantitative estimate of drug-likeness (QED) is 0.637. The fourth-order valence-electron chi connectivity index (χ4n) is 4.27. The first kappa shape index (κ1) is 22.6. The number of likely N-dealkylation sites (tertiary alicyclic amines) is 1. The van der Waals surface area contributed by atoms with Gasteiger partial charge in [-0.25, -0.2) is 4.79 Å². The van der Waals surface area contributed by atoms with Crippen molar-refractivity contribution in [3.05, 3.63) is 35.9 Å². The van der Waals surface area contributed by atoms with E-state index in [9.17, 15) is 9.59 Å². The molecule has 0 spiro atoms. The highest BCUT2D eigenvalue weighted by molar-refractivity contribution is 5.85. The van der Waals surface area contributed by atoms with Crippen LogP contribution in [-0.2, 0) is 9.53 Å². The predicted molar refractivity (Wildman–Crippen MR) is 117 cm³/mol. The maximum atomic E-state index is 13.1. The number of rotatable bonds is 8. The molecule has 2 fully saturated rings. The summed E-state index contributed by atoms with van der Waals surface area (Å²) in [5.74, 6) is -0.340. The molecule has 1 aromatic carbocycles. The second-order valence-corrected chi connectivity index (χ2v) is 8.27. The highest BCUT2D eigenvalue weighted by Gasteiger charge is 2.27. The lowest BCUT2D eigenvalue weighted by Crippen LogP contribution is -2.47. The molecule has 1 aromatic rings. The van der Waals surface area contributed by atoms with Crippen LogP contribution in [0.5, 0.6) is 0 Å². The molecule has 7 heteroatoms. The van der Waals surface area contributed by atoms with E-state index in [2.05, 4.69) is 22.5 Å². The zero-order valence-electron chi connectivity index (χ0n) is 18.1. The SMILES string of the molecule is CC1CCCCN1CCCNC(=O)NCC(C(=O)N1CCOCC1)c1ccccc1. The minimum Gasteiger partial charge on any atom is -0.378 e. The number of piperidine rings is 1. The van der Waals surface area contributed by atoms with Crippen LogP contribution in [0.15, 0.2) is 30.3 Å². The van der Waals surface area contributed by atoms with Crippen molar-refractivity contribution in [3.63, 3.8) is 0 Å². The minimum absolute atomic E-state index is 0.0453. The molecule has 3 amide bonds. The van der Waals surface area contributed by atoms with E-state index in [4.69, 9.17) is 4.74 Å². The van der Waals surface area contributed by atoms with Crippen LogP contribution in [0, 0.1) is 0 Å². The molecule has 2 N–H and O–H groups in total. The first-order valence-corrected chi connectivity index (χ1v) is 11.3. The van der Waals surface area contributed by atoms with E-state index in [0.717, 1.165) is 25.1 Å². The van der Waals surface area contributed by atoms with Gasteiger partial charge in [0, 0.05) is 38.8 Å². The first-order valence-electron chi connectivity index (χ1n) is 11.3. The van der Waals surface area contributed by atoms with Gasteiger partial charge in [-0.2, -0.15) is 0 Å². The molecule has 3 rings (SSSR count). The standard InChI is InChI=1S/C23H36N4O3/c1-19-8-5-6-12-26(19)13-7-11-24-23(29)25-18-21(20-9-3-2-4-10-20)22(28)27-14-16-30-17-15-27/h2-4,9-10,19,21H,5-8,11-18H2,1H3,(H2,24,25,29). The number of ether oxygens (including phenoxy) is 1. The van der Waals surface area contributed by atoms with Crippen molar-refractivity contribution in [2.75, 3.05) is 52.5 Å². The molecule has 7 nitrogen and oxygen atoms in total. The van der Waals surface area contributed by atoms with Crippen LogP contribution < -0.4 is 10.6 Å². The van der Waals surface area contributed by atoms with Crippen molar-refractivity contribution in [1.29, 1.82) is 0 Å². The van der Waals surface area contributed by atoms with Crippen molar-refractivity contribution in [1.82, 2.24) is 20.4 Å². The zero-order chi connectivity index (χ0) is 21.2. The van der Waals surface area contributed by atoms with Crippen LogP contribution in [0.3, 0.4) is 0 Å². The lowest BCUT2D eigenvalue weighted by molar-refractivity contribution is -0.136. The number of urea groups is 1. The summed E-state index contributed by atoms with van der Waals surface area (Å²) in [5.41, 5.74) is 0.924. The molecule has 30 heavy (non-hydrogen) atoms. The number of hydrogen-bond acceptors (Lipinski definition) is 4. The second kappa shape index (κ2) is 11.9. The normalized spacial score (nSPS) is 21.1. The third kappa shape index (κ3) is 6.71. The molecule has 0 bridgehead atoms. The molecular formula is C23H36N4O3. The highest BCUT2D eigenvalue weighted by atomic mass is 16.5. The molecule has 2 unspecified atom stereocenters. The van der Waals surface area contributed by atoms with Crippen LogP contribution in [0.1, 0.15) is 44.1 Å². The molecule has 2 aliphatic rings. The summed E-state index contributed by atoms with van der Waals surface area (Å²) in [7, 11) is 0. The molecule has 0 radical (unpaired) electrons. The van der Waals surface area contributed by atoms with Crippen LogP contribution in [0.2, 0.25) is 0 Å². The van der Waals surface area contributed by atoms with E-state index in [1.165, 1.54) is 19.3 Å². The van der Waals surface area contributed by atoms with Gasteiger partial charge in [0.1, 0.15) is 0 Å². The van der Waals surface area contributed by atoms with Gasteiger partial charge in [-0.15, -0.1) is 0 Å². The molecule has 2 saturated heterocycles. The van der Waals surface area contributed by atoms with E-state index >= 15 is 0 Å². The fourth-order valence-corrected chi connectivity index (χ4v) is 4.27. The van der Waals surface area contributed by atoms with Gasteiger partial charge >= 0.3 is 6.03 Å². The number of benzene rings is 1. The lowest BCUT2D eigenvalue weighted by Gasteiger charge is -2.33. The van der Waals surface area contributed by atoms with Crippen molar-refractivity contribution in [2.45, 2.75) is 44.6 Å². The Morgan fingerprint density at radius 1 is 1.10 bits per heavy atom. The van der Waals surface area contributed by atoms with E-state index < -0.39 is 0 Å². The van der Waals surface area contributed by atoms with Gasteiger partial charge in [-0.1, -0.05) is 36.8 Å².